The third kappa shape index (κ3) is 3.89. The summed E-state index contributed by atoms with van der Waals surface area (Å²) in [6.07, 6.45) is 7.57. The van der Waals surface area contributed by atoms with Crippen molar-refractivity contribution in [3.8, 4) is 16.8 Å². The molecule has 0 radical (unpaired) electrons. The minimum Gasteiger partial charge on any atom is -0.390 e. The van der Waals surface area contributed by atoms with E-state index < -0.39 is 5.60 Å². The minimum absolute atomic E-state index is 0.202. The molecule has 5 aromatic rings. The maximum Gasteiger partial charge on any atom is 0.285 e. The van der Waals surface area contributed by atoms with E-state index in [1.165, 1.54) is 12.0 Å². The number of benzene rings is 2. The third-order valence-electron chi connectivity index (χ3n) is 7.09. The Labute approximate surface area is 204 Å². The van der Waals surface area contributed by atoms with Gasteiger partial charge in [-0.3, -0.25) is 4.98 Å². The number of fused-ring (bicyclic) bond motifs is 3. The summed E-state index contributed by atoms with van der Waals surface area (Å²) in [5.41, 5.74) is 11.6. The van der Waals surface area contributed by atoms with Gasteiger partial charge in [0, 0.05) is 22.4 Å². The van der Waals surface area contributed by atoms with E-state index in [1.54, 1.807) is 0 Å². The van der Waals surface area contributed by atoms with Gasteiger partial charge in [0.15, 0.2) is 0 Å². The molecule has 1 aliphatic rings. The van der Waals surface area contributed by atoms with E-state index in [4.69, 9.17) is 15.8 Å². The fourth-order valence-corrected chi connectivity index (χ4v) is 5.03. The Bertz CT molecular complexity index is 1530. The molecule has 2 aromatic carbocycles. The lowest BCUT2D eigenvalue weighted by Crippen LogP contribution is -2.43. The van der Waals surface area contributed by atoms with Gasteiger partial charge in [0.2, 0.25) is 0 Å². The van der Waals surface area contributed by atoms with E-state index in [9.17, 15) is 5.11 Å². The standard InChI is InChI=1S/C29H30N5O/c1-28(2,35)18-26-32-34(23-11-9-22(10-12-23)29(30)14-6-15-29)27-24-17-21(20-7-4-3-5-8-20)19-31-25(24)13-16-33(26)27/h3-5,7-13,16-17,19,35H,6,14-15,18,30H2,1-2H3/q+1. The van der Waals surface area contributed by atoms with Gasteiger partial charge >= 0.3 is 0 Å². The molecule has 6 nitrogen and oxygen atoms in total. The maximum atomic E-state index is 10.6. The lowest BCUT2D eigenvalue weighted by Gasteiger charge is -2.38. The topological polar surface area (TPSA) is 81.1 Å². The van der Waals surface area contributed by atoms with Gasteiger partial charge in [-0.1, -0.05) is 47.1 Å². The lowest BCUT2D eigenvalue weighted by molar-refractivity contribution is -0.522. The van der Waals surface area contributed by atoms with Crippen LogP contribution in [0.2, 0.25) is 0 Å². The second-order valence-electron chi connectivity index (χ2n) is 10.4. The molecular weight excluding hydrogens is 434 g/mol. The van der Waals surface area contributed by atoms with E-state index in [0.717, 1.165) is 52.0 Å². The number of rotatable bonds is 5. The predicted octanol–water partition coefficient (Wildman–Crippen LogP) is 4.48. The zero-order valence-electron chi connectivity index (χ0n) is 20.1. The van der Waals surface area contributed by atoms with Crippen LogP contribution in [0.25, 0.3) is 33.4 Å². The lowest BCUT2D eigenvalue weighted by atomic mass is 9.73. The normalized spacial score (nSPS) is 15.4. The first-order valence-electron chi connectivity index (χ1n) is 12.2. The molecule has 3 aromatic heterocycles. The van der Waals surface area contributed by atoms with Gasteiger partial charge in [-0.25, -0.2) is 4.40 Å². The zero-order valence-corrected chi connectivity index (χ0v) is 20.1. The summed E-state index contributed by atoms with van der Waals surface area (Å²) >= 11 is 0. The summed E-state index contributed by atoms with van der Waals surface area (Å²) in [6.45, 7) is 3.62. The summed E-state index contributed by atoms with van der Waals surface area (Å²) in [7, 11) is 0. The quantitative estimate of drug-likeness (QED) is 0.376. The van der Waals surface area contributed by atoms with E-state index in [0.29, 0.717) is 6.42 Å². The molecule has 35 heavy (non-hydrogen) atoms. The maximum absolute atomic E-state index is 10.6. The summed E-state index contributed by atoms with van der Waals surface area (Å²) in [5, 5.41) is 16.6. The van der Waals surface area contributed by atoms with Crippen LogP contribution < -0.4 is 10.1 Å². The van der Waals surface area contributed by atoms with Crippen molar-refractivity contribution < 1.29 is 9.51 Å². The SMILES string of the molecule is CC(C)(O)Cc1nn(-c2ccc(C3(N)CCC3)cc2)c2c3cc(-c4ccccc4)cnc3cc[n+]12. The second kappa shape index (κ2) is 7.97. The van der Waals surface area contributed by atoms with Crippen molar-refractivity contribution in [1.29, 1.82) is 0 Å². The number of aliphatic hydroxyl groups is 1. The molecule has 0 saturated heterocycles. The molecule has 1 saturated carbocycles. The van der Waals surface area contributed by atoms with Crippen molar-refractivity contribution >= 4 is 16.6 Å². The van der Waals surface area contributed by atoms with Crippen molar-refractivity contribution in [1.82, 2.24) is 14.8 Å². The molecule has 3 N–H and O–H groups in total. The summed E-state index contributed by atoms with van der Waals surface area (Å²) in [6, 6.07) is 22.9. The molecule has 0 spiro atoms. The molecule has 6 heteroatoms. The highest BCUT2D eigenvalue weighted by Gasteiger charge is 2.34. The predicted molar refractivity (Wildman–Crippen MR) is 137 cm³/mol. The Morgan fingerprint density at radius 3 is 2.43 bits per heavy atom. The van der Waals surface area contributed by atoms with E-state index in [-0.39, 0.29) is 5.54 Å². The average molecular weight is 465 g/mol. The first kappa shape index (κ1) is 21.9. The van der Waals surface area contributed by atoms with Gasteiger partial charge in [0.25, 0.3) is 11.5 Å². The Kier molecular flexibility index (Phi) is 4.99. The monoisotopic (exact) mass is 464 g/mol. The van der Waals surface area contributed by atoms with Crippen LogP contribution in [0.15, 0.2) is 79.1 Å². The van der Waals surface area contributed by atoms with E-state index >= 15 is 0 Å². The number of hydrogen-bond donors (Lipinski definition) is 2. The molecule has 0 bridgehead atoms. The van der Waals surface area contributed by atoms with Gasteiger partial charge < -0.3 is 10.8 Å². The molecule has 3 heterocycles. The van der Waals surface area contributed by atoms with Gasteiger partial charge in [-0.15, -0.1) is 0 Å². The smallest absolute Gasteiger partial charge is 0.285 e. The van der Waals surface area contributed by atoms with Crippen LogP contribution in [0, 0.1) is 0 Å². The highest BCUT2D eigenvalue weighted by atomic mass is 16.3. The zero-order chi connectivity index (χ0) is 24.2. The Morgan fingerprint density at radius 2 is 1.77 bits per heavy atom. The number of pyridine rings is 2. The molecule has 1 aliphatic carbocycles. The first-order chi connectivity index (χ1) is 16.8. The van der Waals surface area contributed by atoms with Crippen molar-refractivity contribution in [2.24, 2.45) is 5.73 Å². The summed E-state index contributed by atoms with van der Waals surface area (Å²) in [5.74, 6) is 0.790. The van der Waals surface area contributed by atoms with Crippen molar-refractivity contribution in [3.05, 3.63) is 90.5 Å². The Balaban J connectivity index is 1.57. The Morgan fingerprint density at radius 1 is 1.03 bits per heavy atom. The fraction of sp³-hybridized carbons (Fsp3) is 0.276. The van der Waals surface area contributed by atoms with Crippen LogP contribution in [-0.4, -0.2) is 25.5 Å². The average Bonchev–Trinajstić information content (AvgIpc) is 3.20. The van der Waals surface area contributed by atoms with Crippen molar-refractivity contribution in [3.63, 3.8) is 0 Å². The van der Waals surface area contributed by atoms with Crippen molar-refractivity contribution in [2.75, 3.05) is 0 Å². The van der Waals surface area contributed by atoms with Crippen LogP contribution in [0.4, 0.5) is 0 Å². The number of aromatic nitrogens is 4. The van der Waals surface area contributed by atoms with Gasteiger partial charge in [0.05, 0.1) is 29.1 Å². The van der Waals surface area contributed by atoms with Gasteiger partial charge in [0.1, 0.15) is 5.69 Å². The van der Waals surface area contributed by atoms with E-state index in [1.807, 2.05) is 55.2 Å². The molecule has 0 amide bonds. The molecule has 1 fully saturated rings. The summed E-state index contributed by atoms with van der Waals surface area (Å²) in [4.78, 5) is 4.77. The minimum atomic E-state index is -0.891. The highest BCUT2D eigenvalue weighted by molar-refractivity contribution is 5.92. The second-order valence-corrected chi connectivity index (χ2v) is 10.4. The third-order valence-corrected chi connectivity index (χ3v) is 7.09. The number of nitrogens with two attached hydrogens (primary N) is 1. The molecule has 0 unspecified atom stereocenters. The van der Waals surface area contributed by atoms with E-state index in [2.05, 4.69) is 46.9 Å². The molecule has 0 atom stereocenters. The van der Waals surface area contributed by atoms with Gasteiger partial charge in [-0.05, 0) is 68.5 Å². The van der Waals surface area contributed by atoms with Crippen LogP contribution in [0.3, 0.4) is 0 Å². The number of hydrogen-bond acceptors (Lipinski definition) is 4. The first-order valence-corrected chi connectivity index (χ1v) is 12.2. The molecule has 6 rings (SSSR count). The molecular formula is C29H30N5O+. The van der Waals surface area contributed by atoms with Crippen LogP contribution >= 0.6 is 0 Å². The molecule has 0 aliphatic heterocycles. The van der Waals surface area contributed by atoms with Crippen LogP contribution in [-0.2, 0) is 12.0 Å². The van der Waals surface area contributed by atoms with Crippen molar-refractivity contribution in [2.45, 2.75) is 50.7 Å². The number of nitrogens with zero attached hydrogens (tertiary/aromatic N) is 4. The molecule has 176 valence electrons. The van der Waals surface area contributed by atoms with Crippen LogP contribution in [0.5, 0.6) is 0 Å². The van der Waals surface area contributed by atoms with Crippen LogP contribution in [0.1, 0.15) is 44.5 Å². The fourth-order valence-electron chi connectivity index (χ4n) is 5.03. The Hall–Kier alpha value is -3.61. The summed E-state index contributed by atoms with van der Waals surface area (Å²) < 4.78 is 4.04. The highest BCUT2D eigenvalue weighted by Crippen LogP contribution is 2.38. The van der Waals surface area contributed by atoms with Gasteiger partial charge in [-0.2, -0.15) is 0 Å². The largest absolute Gasteiger partial charge is 0.390 e.